The number of rotatable bonds is 5. The number of phenols is 1. The predicted octanol–water partition coefficient (Wildman–Crippen LogP) is 24.2. The fraction of sp³-hybridized carbons (Fsp3) is 0.351. The van der Waals surface area contributed by atoms with Crippen LogP contribution >= 0.6 is 11.6 Å². The van der Waals surface area contributed by atoms with Gasteiger partial charge < -0.3 is 20.3 Å². The number of methoxy groups -OCH3 is 2. The average molecular weight is 1550 g/mol. The van der Waals surface area contributed by atoms with E-state index in [2.05, 4.69) is 291 Å². The molecule has 0 saturated heterocycles. The fourth-order valence-electron chi connectivity index (χ4n) is 11.5. The van der Waals surface area contributed by atoms with Gasteiger partial charge in [-0.15, -0.1) is 0 Å². The van der Waals surface area contributed by atoms with E-state index in [1.807, 2.05) is 112 Å². The molecule has 3 N–H and O–H groups in total. The number of halogens is 1. The molecule has 0 aliphatic rings. The van der Waals surface area contributed by atoms with E-state index in [0.717, 1.165) is 45.5 Å². The molecule has 6 aromatic heterocycles. The number of nitrogen functional groups attached to an aromatic ring is 1. The first kappa shape index (κ1) is 91.6. The zero-order chi connectivity index (χ0) is 84.8. The molecule has 600 valence electrons. The van der Waals surface area contributed by atoms with Crippen LogP contribution in [0.2, 0.25) is 5.15 Å². The van der Waals surface area contributed by atoms with Gasteiger partial charge in [-0.25, -0.2) is 34.7 Å². The molecule has 0 aliphatic heterocycles. The number of nitrogens with zero attached hydrogens (tertiary/aromatic N) is 11. The van der Waals surface area contributed by atoms with Gasteiger partial charge in [-0.3, -0.25) is 23.5 Å². The maximum Gasteiger partial charge on any atom is 0.255 e. The van der Waals surface area contributed by atoms with Crippen LogP contribution in [0.3, 0.4) is 0 Å². The number of pyridine rings is 2. The van der Waals surface area contributed by atoms with E-state index >= 15 is 0 Å². The number of phenolic OH excluding ortho intramolecular Hbond substituents is 1. The summed E-state index contributed by atoms with van der Waals surface area (Å²) in [7, 11) is 3.43. The summed E-state index contributed by atoms with van der Waals surface area (Å²) in [5.41, 5.74) is 23.2. The lowest BCUT2D eigenvalue weighted by Gasteiger charge is -2.21. The molecular formula is C97H121ClN12O4. The summed E-state index contributed by atoms with van der Waals surface area (Å²) in [5, 5.41) is 9.82. The molecule has 0 spiro atoms. The van der Waals surface area contributed by atoms with E-state index in [4.69, 9.17) is 33.4 Å². The summed E-state index contributed by atoms with van der Waals surface area (Å²) in [6.07, 6.45) is 11.9. The number of hydrogen-bond donors (Lipinski definition) is 2. The van der Waals surface area contributed by atoms with Gasteiger partial charge in [0, 0.05) is 41.7 Å². The van der Waals surface area contributed by atoms with Crippen molar-refractivity contribution in [3.05, 3.63) is 316 Å². The Kier molecular flexibility index (Phi) is 31.7. The molecule has 0 atom stereocenters. The minimum atomic E-state index is -0.00370. The zero-order valence-corrected chi connectivity index (χ0v) is 72.9. The highest BCUT2D eigenvalue weighted by Gasteiger charge is 2.22. The van der Waals surface area contributed by atoms with Gasteiger partial charge in [0.2, 0.25) is 0 Å². The SMILES string of the molecule is CC(C)(C)c1ccc(-n2ccccc2=O)cc1.CC(C)(C)c1ccc(-n2cnc3c(Cl)ncnc32)cc1.CC(C)(C)c1ccc(-n2cnc3c(N)ncnc32)cc1.CC(C)(C)c1ccccc1O.CC(C)(C)c1cccnc1.COc1ccccc1C(C)(C)C.COc1ccccc1C(C)(C)C.[C-]#[N+]c1cccc(C(C)(C)C)c1. The van der Waals surface area contributed by atoms with Crippen LogP contribution in [-0.2, 0) is 43.3 Å². The van der Waals surface area contributed by atoms with Crippen molar-refractivity contribution in [2.75, 3.05) is 20.0 Å². The molecule has 0 unspecified atom stereocenters. The number of benzene rings is 7. The topological polar surface area (TPSA) is 191 Å². The van der Waals surface area contributed by atoms with Crippen molar-refractivity contribution in [2.24, 2.45) is 0 Å². The number of fused-ring (bicyclic) bond motifs is 2. The number of imidazole rings is 2. The molecule has 16 nitrogen and oxygen atoms in total. The van der Waals surface area contributed by atoms with Gasteiger partial charge in [-0.1, -0.05) is 311 Å². The van der Waals surface area contributed by atoms with Crippen molar-refractivity contribution in [1.82, 2.24) is 48.6 Å². The van der Waals surface area contributed by atoms with E-state index in [1.54, 1.807) is 62.0 Å². The summed E-state index contributed by atoms with van der Waals surface area (Å²) in [6.45, 7) is 58.9. The summed E-state index contributed by atoms with van der Waals surface area (Å²) < 4.78 is 16.0. The standard InChI is InChI=1S/C15H15ClN4.C15H17N5.C15H17NO.C11H13N.2C11H16O.C10H14O.C9H13N/c2*1-15(2,3)10-4-6-11(7-5-10)20-9-19-12-13(16)17-8-18-14(12)20;1-15(2,3)12-7-9-13(10-8-12)16-11-5-4-6-14(16)17;1-11(2,3)9-6-5-7-10(8-9)12-4;2*1-11(2,3)9-7-5-6-8-10(9)12-4;1-10(2,3)8-6-4-5-7-9(8)11;1-9(2,3)8-5-4-6-10-7-8/h4-9H,1-3H3;4-9H,1-3H3,(H2,16,17,18);4-11H,1-3H3;5-8H,1-3H3;2*5-8H,1-4H3;4-7,11H,1-3H3;4-7H,1-3H3. The van der Waals surface area contributed by atoms with Gasteiger partial charge in [0.1, 0.15) is 48.1 Å². The molecule has 13 rings (SSSR count). The Balaban J connectivity index is 0.000000206. The first-order valence-corrected chi connectivity index (χ1v) is 38.8. The molecule has 0 amide bonds. The van der Waals surface area contributed by atoms with E-state index in [9.17, 15) is 9.90 Å². The maximum atomic E-state index is 11.7. The molecule has 7 aromatic carbocycles. The van der Waals surface area contributed by atoms with Crippen molar-refractivity contribution >= 4 is 45.4 Å². The number of para-hydroxylation sites is 3. The third-order valence-electron chi connectivity index (χ3n) is 18.4. The Hall–Kier alpha value is -11.3. The minimum absolute atomic E-state index is 0.00370. The Bertz CT molecular complexity index is 5070. The summed E-state index contributed by atoms with van der Waals surface area (Å²) >= 11 is 6.02. The van der Waals surface area contributed by atoms with Gasteiger partial charge in [-0.05, 0) is 149 Å². The molecule has 0 aliphatic carbocycles. The van der Waals surface area contributed by atoms with Crippen LogP contribution in [-0.4, -0.2) is 67.9 Å². The number of ether oxygens (including phenoxy) is 2. The van der Waals surface area contributed by atoms with Crippen LogP contribution in [0.5, 0.6) is 17.2 Å². The maximum absolute atomic E-state index is 11.7. The Morgan fingerprint density at radius 2 is 0.781 bits per heavy atom. The van der Waals surface area contributed by atoms with Crippen molar-refractivity contribution in [2.45, 2.75) is 209 Å². The van der Waals surface area contributed by atoms with Crippen LogP contribution in [0.4, 0.5) is 11.5 Å². The van der Waals surface area contributed by atoms with Crippen molar-refractivity contribution in [3.63, 3.8) is 0 Å². The smallest absolute Gasteiger partial charge is 0.255 e. The average Bonchev–Trinajstić information content (AvgIpc) is 1.63. The highest BCUT2D eigenvalue weighted by Crippen LogP contribution is 2.35. The van der Waals surface area contributed by atoms with Crippen molar-refractivity contribution in [3.8, 4) is 34.3 Å². The lowest BCUT2D eigenvalue weighted by molar-refractivity contribution is 0.397. The molecule has 0 radical (unpaired) electrons. The summed E-state index contributed by atoms with van der Waals surface area (Å²) in [6, 6.07) is 65.7. The lowest BCUT2D eigenvalue weighted by atomic mass is 9.86. The number of aromatic hydroxyl groups is 1. The Labute approximate surface area is 683 Å². The third-order valence-corrected chi connectivity index (χ3v) is 18.7. The fourth-order valence-corrected chi connectivity index (χ4v) is 11.7. The first-order valence-electron chi connectivity index (χ1n) is 38.4. The molecular weight excluding hydrogens is 1430 g/mol. The zero-order valence-electron chi connectivity index (χ0n) is 72.1. The second kappa shape index (κ2) is 39.5. The van der Waals surface area contributed by atoms with Crippen molar-refractivity contribution in [1.29, 1.82) is 0 Å². The van der Waals surface area contributed by atoms with Gasteiger partial charge in [-0.2, -0.15) is 0 Å². The van der Waals surface area contributed by atoms with Crippen LogP contribution in [0.1, 0.15) is 211 Å². The Morgan fingerprint density at radius 3 is 1.15 bits per heavy atom. The summed E-state index contributed by atoms with van der Waals surface area (Å²) in [5.74, 6) is 2.75. The van der Waals surface area contributed by atoms with Crippen LogP contribution in [0, 0.1) is 6.57 Å². The third kappa shape index (κ3) is 27.0. The van der Waals surface area contributed by atoms with Gasteiger partial charge in [0.25, 0.3) is 5.56 Å². The van der Waals surface area contributed by atoms with Gasteiger partial charge in [0.05, 0.1) is 20.8 Å². The molecule has 6 heterocycles. The molecule has 13 aromatic rings. The van der Waals surface area contributed by atoms with Crippen molar-refractivity contribution < 1.29 is 14.6 Å². The molecule has 0 fully saturated rings. The predicted molar refractivity (Wildman–Crippen MR) is 475 cm³/mol. The van der Waals surface area contributed by atoms with E-state index < -0.39 is 0 Å². The molecule has 17 heteroatoms. The van der Waals surface area contributed by atoms with Gasteiger partial charge >= 0.3 is 0 Å². The lowest BCUT2D eigenvalue weighted by Crippen LogP contribution is -2.16. The van der Waals surface area contributed by atoms with E-state index in [-0.39, 0.29) is 48.9 Å². The van der Waals surface area contributed by atoms with Crippen LogP contribution in [0.25, 0.3) is 44.2 Å². The van der Waals surface area contributed by atoms with E-state index in [0.29, 0.717) is 33.4 Å². The Morgan fingerprint density at radius 1 is 0.395 bits per heavy atom. The molecule has 0 saturated carbocycles. The number of aromatic nitrogens is 10. The second-order valence-electron chi connectivity index (χ2n) is 35.9. The molecule has 0 bridgehead atoms. The second-order valence-corrected chi connectivity index (χ2v) is 36.2. The molecule has 114 heavy (non-hydrogen) atoms. The van der Waals surface area contributed by atoms with E-state index in [1.165, 1.54) is 51.6 Å². The number of anilines is 1. The largest absolute Gasteiger partial charge is 0.508 e. The number of hydrogen-bond acceptors (Lipinski definition) is 12. The highest BCUT2D eigenvalue weighted by molar-refractivity contribution is 6.33. The first-order chi connectivity index (χ1) is 53.2. The van der Waals surface area contributed by atoms with Gasteiger partial charge in [0.15, 0.2) is 33.5 Å². The highest BCUT2D eigenvalue weighted by atomic mass is 35.5. The van der Waals surface area contributed by atoms with Crippen LogP contribution in [0.15, 0.2) is 249 Å². The summed E-state index contributed by atoms with van der Waals surface area (Å²) in [4.78, 5) is 44.1. The van der Waals surface area contributed by atoms with Crippen LogP contribution < -0.4 is 20.8 Å². The quantitative estimate of drug-likeness (QED) is 0.123. The normalized spacial score (nSPS) is 11.6. The number of nitrogens with two attached hydrogens (primary N) is 1. The minimum Gasteiger partial charge on any atom is -0.508 e. The monoisotopic (exact) mass is 1550 g/mol.